The highest BCUT2D eigenvalue weighted by Crippen LogP contribution is 2.33. The predicted molar refractivity (Wildman–Crippen MR) is 102 cm³/mol. The number of ether oxygens (including phenoxy) is 1. The molecule has 2 aromatic rings. The fourth-order valence-corrected chi connectivity index (χ4v) is 4.60. The van der Waals surface area contributed by atoms with E-state index in [0.717, 1.165) is 29.3 Å². The smallest absolute Gasteiger partial charge is 0.309 e. The van der Waals surface area contributed by atoms with Crippen molar-refractivity contribution in [2.24, 2.45) is 11.8 Å². The zero-order valence-corrected chi connectivity index (χ0v) is 15.6. The van der Waals surface area contributed by atoms with E-state index in [9.17, 15) is 14.7 Å². The number of hydrogen-bond donors (Lipinski definition) is 2. The number of fused-ring (bicyclic) bond motifs is 1. The number of amides is 1. The molecule has 1 aromatic heterocycles. The number of piperidine rings is 1. The van der Waals surface area contributed by atoms with E-state index in [1.165, 1.54) is 5.56 Å². The predicted octanol–water partition coefficient (Wildman–Crippen LogP) is 2.75. The number of carboxylic acids is 1. The molecule has 3 heterocycles. The lowest BCUT2D eigenvalue weighted by Gasteiger charge is -2.35. The molecule has 2 atom stereocenters. The van der Waals surface area contributed by atoms with Crippen molar-refractivity contribution in [3.05, 3.63) is 35.5 Å². The number of rotatable bonds is 4. The summed E-state index contributed by atoms with van der Waals surface area (Å²) < 4.78 is 5.72. The molecule has 27 heavy (non-hydrogen) atoms. The van der Waals surface area contributed by atoms with Gasteiger partial charge in [-0.1, -0.05) is 18.2 Å². The molecule has 6 heteroatoms. The minimum Gasteiger partial charge on any atom is -0.481 e. The van der Waals surface area contributed by atoms with Crippen LogP contribution < -0.4 is 0 Å². The molecule has 0 radical (unpaired) electrons. The highest BCUT2D eigenvalue weighted by atomic mass is 16.5. The van der Waals surface area contributed by atoms with Crippen LogP contribution in [-0.4, -0.2) is 52.7 Å². The van der Waals surface area contributed by atoms with Crippen molar-refractivity contribution in [1.29, 1.82) is 0 Å². The molecule has 2 saturated heterocycles. The molecule has 0 spiro atoms. The van der Waals surface area contributed by atoms with E-state index >= 15 is 0 Å². The van der Waals surface area contributed by atoms with Crippen molar-refractivity contribution in [3.63, 3.8) is 0 Å². The van der Waals surface area contributed by atoms with Gasteiger partial charge in [0.15, 0.2) is 0 Å². The summed E-state index contributed by atoms with van der Waals surface area (Å²) in [5.41, 5.74) is 3.31. The van der Waals surface area contributed by atoms with Crippen LogP contribution in [0.25, 0.3) is 10.9 Å². The van der Waals surface area contributed by atoms with E-state index in [4.69, 9.17) is 4.74 Å². The molecule has 1 amide bonds. The number of H-pyrrole nitrogens is 1. The van der Waals surface area contributed by atoms with Crippen LogP contribution in [0.15, 0.2) is 24.4 Å². The molecule has 0 aliphatic carbocycles. The number of aliphatic carboxylic acids is 1. The van der Waals surface area contributed by atoms with E-state index in [1.807, 2.05) is 17.2 Å². The number of benzene rings is 1. The van der Waals surface area contributed by atoms with Crippen LogP contribution in [0.3, 0.4) is 0 Å². The molecule has 2 N–H and O–H groups in total. The zero-order valence-electron chi connectivity index (χ0n) is 15.6. The molecular formula is C21H26N2O4. The summed E-state index contributed by atoms with van der Waals surface area (Å²) in [6, 6.07) is 6.13. The summed E-state index contributed by atoms with van der Waals surface area (Å²) >= 11 is 0. The molecule has 2 fully saturated rings. The number of aromatic nitrogens is 1. The van der Waals surface area contributed by atoms with Crippen LogP contribution in [0.2, 0.25) is 0 Å². The van der Waals surface area contributed by atoms with Crippen LogP contribution >= 0.6 is 0 Å². The lowest BCUT2D eigenvalue weighted by molar-refractivity contribution is -0.145. The van der Waals surface area contributed by atoms with Crippen LogP contribution in [0.4, 0.5) is 0 Å². The Morgan fingerprint density at radius 2 is 2.04 bits per heavy atom. The second kappa shape index (κ2) is 7.35. The number of para-hydroxylation sites is 1. The van der Waals surface area contributed by atoms with Crippen LogP contribution in [-0.2, 0) is 20.7 Å². The van der Waals surface area contributed by atoms with E-state index in [0.29, 0.717) is 32.5 Å². The summed E-state index contributed by atoms with van der Waals surface area (Å²) in [6.07, 6.45) is 4.36. The van der Waals surface area contributed by atoms with Gasteiger partial charge in [0.25, 0.3) is 0 Å². The summed E-state index contributed by atoms with van der Waals surface area (Å²) in [7, 11) is 0. The molecule has 4 rings (SSSR count). The maximum atomic E-state index is 12.8. The standard InChI is InChI=1S/C21H26N2O4/c1-13-3-2-4-16-15(12-22-19(13)16)11-18(24)23-8-5-14(6-9-23)20-17(21(25)26)7-10-27-20/h2-4,12,14,17,20,22H,5-11H2,1H3,(H,25,26)/t17?,20-/m0/s1. The number of nitrogens with zero attached hydrogens (tertiary/aromatic N) is 1. The van der Waals surface area contributed by atoms with E-state index in [1.54, 1.807) is 0 Å². The number of carboxylic acid groups (broad SMARTS) is 1. The van der Waals surface area contributed by atoms with Gasteiger partial charge in [0.1, 0.15) is 0 Å². The Balaban J connectivity index is 1.37. The average Bonchev–Trinajstić information content (AvgIpc) is 3.30. The summed E-state index contributed by atoms with van der Waals surface area (Å²) in [5, 5.41) is 10.5. The topological polar surface area (TPSA) is 82.6 Å². The van der Waals surface area contributed by atoms with Gasteiger partial charge in [-0.15, -0.1) is 0 Å². The van der Waals surface area contributed by atoms with Crippen LogP contribution in [0.1, 0.15) is 30.4 Å². The number of carbonyl (C=O) groups is 2. The Morgan fingerprint density at radius 3 is 2.78 bits per heavy atom. The monoisotopic (exact) mass is 370 g/mol. The van der Waals surface area contributed by atoms with E-state index in [2.05, 4.69) is 24.0 Å². The second-order valence-corrected chi connectivity index (χ2v) is 7.78. The van der Waals surface area contributed by atoms with Gasteiger partial charge in [-0.2, -0.15) is 0 Å². The van der Waals surface area contributed by atoms with Gasteiger partial charge in [-0.25, -0.2) is 0 Å². The third-order valence-corrected chi connectivity index (χ3v) is 6.16. The zero-order chi connectivity index (χ0) is 19.0. The van der Waals surface area contributed by atoms with E-state index in [-0.39, 0.29) is 17.9 Å². The Hall–Kier alpha value is -2.34. The third kappa shape index (κ3) is 3.46. The van der Waals surface area contributed by atoms with Gasteiger partial charge >= 0.3 is 5.97 Å². The molecule has 1 unspecified atom stereocenters. The highest BCUT2D eigenvalue weighted by Gasteiger charge is 2.40. The fraction of sp³-hybridized carbons (Fsp3) is 0.524. The fourth-order valence-electron chi connectivity index (χ4n) is 4.60. The van der Waals surface area contributed by atoms with Crippen molar-refractivity contribution in [3.8, 4) is 0 Å². The number of aromatic amines is 1. The number of aryl methyl sites for hydroxylation is 1. The van der Waals surface area contributed by atoms with Crippen LogP contribution in [0.5, 0.6) is 0 Å². The molecule has 0 saturated carbocycles. The van der Waals surface area contributed by atoms with Crippen molar-refractivity contribution in [2.45, 2.75) is 38.7 Å². The Labute approximate surface area is 158 Å². The number of likely N-dealkylation sites (tertiary alicyclic amines) is 1. The normalized spacial score (nSPS) is 23.8. The van der Waals surface area contributed by atoms with Crippen LogP contribution in [0, 0.1) is 18.8 Å². The highest BCUT2D eigenvalue weighted by molar-refractivity contribution is 5.90. The minimum atomic E-state index is -0.759. The van der Waals surface area contributed by atoms with Crippen molar-refractivity contribution < 1.29 is 19.4 Å². The maximum Gasteiger partial charge on any atom is 0.309 e. The third-order valence-electron chi connectivity index (χ3n) is 6.16. The summed E-state index contributed by atoms with van der Waals surface area (Å²) in [4.78, 5) is 29.4. The van der Waals surface area contributed by atoms with Gasteiger partial charge < -0.3 is 19.7 Å². The van der Waals surface area contributed by atoms with Gasteiger partial charge in [-0.05, 0) is 43.2 Å². The van der Waals surface area contributed by atoms with Crippen molar-refractivity contribution in [2.75, 3.05) is 19.7 Å². The van der Waals surface area contributed by atoms with Crippen molar-refractivity contribution in [1.82, 2.24) is 9.88 Å². The maximum absolute atomic E-state index is 12.8. The van der Waals surface area contributed by atoms with Gasteiger partial charge in [-0.3, -0.25) is 9.59 Å². The van der Waals surface area contributed by atoms with Gasteiger partial charge in [0, 0.05) is 36.8 Å². The number of hydrogen-bond acceptors (Lipinski definition) is 3. The molecule has 1 aromatic carbocycles. The number of carbonyl (C=O) groups excluding carboxylic acids is 1. The molecular weight excluding hydrogens is 344 g/mol. The SMILES string of the molecule is Cc1cccc2c(CC(=O)N3CCC([C@@H]4OCCC4C(=O)O)CC3)c[nH]c12. The minimum absolute atomic E-state index is 0.137. The van der Waals surface area contributed by atoms with E-state index < -0.39 is 11.9 Å². The average molecular weight is 370 g/mol. The quantitative estimate of drug-likeness (QED) is 0.867. The Kier molecular flexibility index (Phi) is 4.91. The first kappa shape index (κ1) is 18.0. The molecule has 2 aliphatic heterocycles. The first-order valence-corrected chi connectivity index (χ1v) is 9.72. The Bertz CT molecular complexity index is 851. The molecule has 144 valence electrons. The first-order valence-electron chi connectivity index (χ1n) is 9.72. The summed E-state index contributed by atoms with van der Waals surface area (Å²) in [6.45, 7) is 3.94. The Morgan fingerprint density at radius 1 is 1.26 bits per heavy atom. The first-order chi connectivity index (χ1) is 13.0. The lowest BCUT2D eigenvalue weighted by atomic mass is 9.84. The number of nitrogens with one attached hydrogen (secondary N) is 1. The molecule has 0 bridgehead atoms. The molecule has 6 nitrogen and oxygen atoms in total. The van der Waals surface area contributed by atoms with Gasteiger partial charge in [0.2, 0.25) is 5.91 Å². The molecule has 2 aliphatic rings. The lowest BCUT2D eigenvalue weighted by Crippen LogP contribution is -2.43. The largest absolute Gasteiger partial charge is 0.481 e. The van der Waals surface area contributed by atoms with Crippen molar-refractivity contribution >= 4 is 22.8 Å². The second-order valence-electron chi connectivity index (χ2n) is 7.78. The summed E-state index contributed by atoms with van der Waals surface area (Å²) in [5.74, 6) is -0.788. The van der Waals surface area contributed by atoms with Gasteiger partial charge in [0.05, 0.1) is 18.4 Å².